The maximum absolute atomic E-state index is 9.17. The number of aliphatic hydroxyl groups is 1. The summed E-state index contributed by atoms with van der Waals surface area (Å²) in [6.45, 7) is 1.72. The van der Waals surface area contributed by atoms with Crippen LogP contribution in [0.2, 0.25) is 0 Å². The van der Waals surface area contributed by atoms with Gasteiger partial charge >= 0.3 is 0 Å². The van der Waals surface area contributed by atoms with E-state index in [1.54, 1.807) is 6.92 Å². The minimum absolute atomic E-state index is 0.416. The molecule has 0 saturated carbocycles. The molecular formula is C10H16N2O2S. The van der Waals surface area contributed by atoms with Gasteiger partial charge in [0.05, 0.1) is 12.5 Å². The number of hydrogen-bond acceptors (Lipinski definition) is 5. The Labute approximate surface area is 93.4 Å². The van der Waals surface area contributed by atoms with E-state index in [4.69, 9.17) is 9.63 Å². The Morgan fingerprint density at radius 2 is 2.53 bits per heavy atom. The molecule has 4 nitrogen and oxygen atoms in total. The largest absolute Gasteiger partial charge is 0.393 e. The number of hydrogen-bond donors (Lipinski definition) is 1. The molecule has 2 rings (SSSR count). The molecule has 1 aromatic rings. The van der Waals surface area contributed by atoms with Gasteiger partial charge in [-0.1, -0.05) is 5.16 Å². The van der Waals surface area contributed by atoms with Gasteiger partial charge in [0.2, 0.25) is 5.89 Å². The Bertz CT molecular complexity index is 308. The van der Waals surface area contributed by atoms with Gasteiger partial charge in [-0.05, 0) is 30.8 Å². The van der Waals surface area contributed by atoms with Crippen molar-refractivity contribution in [1.82, 2.24) is 10.1 Å². The maximum Gasteiger partial charge on any atom is 0.229 e. The molecule has 2 unspecified atom stereocenters. The summed E-state index contributed by atoms with van der Waals surface area (Å²) in [5.41, 5.74) is 0. The standard InChI is InChI=1S/C10H16N2O2S/c1-7(13)4-10-11-9(12-14-10)5-8-2-3-15-6-8/h7-8,13H,2-6H2,1H3. The molecule has 0 aromatic carbocycles. The second-order valence-electron chi connectivity index (χ2n) is 4.09. The number of thioether (sulfide) groups is 1. The predicted octanol–water partition coefficient (Wildman–Crippen LogP) is 1.29. The monoisotopic (exact) mass is 228 g/mol. The molecule has 1 saturated heterocycles. The van der Waals surface area contributed by atoms with Gasteiger partial charge in [0, 0.05) is 6.42 Å². The summed E-state index contributed by atoms with van der Waals surface area (Å²) in [4.78, 5) is 4.27. The minimum atomic E-state index is -0.416. The van der Waals surface area contributed by atoms with Crippen LogP contribution in [0.1, 0.15) is 25.1 Å². The van der Waals surface area contributed by atoms with Crippen molar-refractivity contribution in [1.29, 1.82) is 0 Å². The van der Waals surface area contributed by atoms with Crippen molar-refractivity contribution in [2.45, 2.75) is 32.3 Å². The minimum Gasteiger partial charge on any atom is -0.393 e. The quantitative estimate of drug-likeness (QED) is 0.841. The highest BCUT2D eigenvalue weighted by Gasteiger charge is 2.19. The molecule has 5 heteroatoms. The molecule has 0 amide bonds. The van der Waals surface area contributed by atoms with E-state index in [-0.39, 0.29) is 0 Å². The van der Waals surface area contributed by atoms with Crippen molar-refractivity contribution >= 4 is 11.8 Å². The summed E-state index contributed by atoms with van der Waals surface area (Å²) in [6, 6.07) is 0. The summed E-state index contributed by atoms with van der Waals surface area (Å²) < 4.78 is 5.06. The molecule has 2 heterocycles. The first-order chi connectivity index (χ1) is 7.24. The smallest absolute Gasteiger partial charge is 0.229 e. The first-order valence-corrected chi connectivity index (χ1v) is 6.47. The lowest BCUT2D eigenvalue weighted by molar-refractivity contribution is 0.181. The van der Waals surface area contributed by atoms with Crippen molar-refractivity contribution in [2.75, 3.05) is 11.5 Å². The predicted molar refractivity (Wildman–Crippen MR) is 58.8 cm³/mol. The lowest BCUT2D eigenvalue weighted by Crippen LogP contribution is -2.06. The van der Waals surface area contributed by atoms with E-state index in [1.807, 2.05) is 11.8 Å². The van der Waals surface area contributed by atoms with Crippen molar-refractivity contribution in [3.63, 3.8) is 0 Å². The molecule has 1 fully saturated rings. The van der Waals surface area contributed by atoms with Crippen LogP contribution < -0.4 is 0 Å². The van der Waals surface area contributed by atoms with Crippen molar-refractivity contribution in [2.24, 2.45) is 5.92 Å². The SMILES string of the molecule is CC(O)Cc1nc(CC2CCSC2)no1. The van der Waals surface area contributed by atoms with Gasteiger partial charge in [-0.15, -0.1) is 0 Å². The van der Waals surface area contributed by atoms with Crippen LogP contribution >= 0.6 is 11.8 Å². The van der Waals surface area contributed by atoms with E-state index in [9.17, 15) is 0 Å². The summed E-state index contributed by atoms with van der Waals surface area (Å²) in [7, 11) is 0. The summed E-state index contributed by atoms with van der Waals surface area (Å²) >= 11 is 1.99. The number of aromatic nitrogens is 2. The molecule has 1 aromatic heterocycles. The van der Waals surface area contributed by atoms with Crippen LogP contribution in [0.25, 0.3) is 0 Å². The number of rotatable bonds is 4. The molecule has 15 heavy (non-hydrogen) atoms. The van der Waals surface area contributed by atoms with Crippen LogP contribution in [0.15, 0.2) is 4.52 Å². The first kappa shape index (κ1) is 11.0. The lowest BCUT2D eigenvalue weighted by atomic mass is 10.1. The van der Waals surface area contributed by atoms with Gasteiger partial charge in [0.15, 0.2) is 5.82 Å². The molecule has 84 valence electrons. The van der Waals surface area contributed by atoms with E-state index in [1.165, 1.54) is 17.9 Å². The van der Waals surface area contributed by atoms with E-state index >= 15 is 0 Å². The van der Waals surface area contributed by atoms with Gasteiger partial charge < -0.3 is 9.63 Å². The normalized spacial score (nSPS) is 23.2. The third kappa shape index (κ3) is 3.21. The van der Waals surface area contributed by atoms with Gasteiger partial charge in [0.1, 0.15) is 0 Å². The topological polar surface area (TPSA) is 59.2 Å². The average Bonchev–Trinajstić information content (AvgIpc) is 2.77. The zero-order chi connectivity index (χ0) is 10.7. The van der Waals surface area contributed by atoms with Gasteiger partial charge in [-0.3, -0.25) is 0 Å². The van der Waals surface area contributed by atoms with Crippen LogP contribution in [-0.2, 0) is 12.8 Å². The van der Waals surface area contributed by atoms with Crippen molar-refractivity contribution in [3.05, 3.63) is 11.7 Å². The fourth-order valence-corrected chi connectivity index (χ4v) is 3.00. The fraction of sp³-hybridized carbons (Fsp3) is 0.800. The van der Waals surface area contributed by atoms with E-state index in [2.05, 4.69) is 10.1 Å². The highest BCUT2D eigenvalue weighted by Crippen LogP contribution is 2.25. The Hall–Kier alpha value is -0.550. The fourth-order valence-electron chi connectivity index (χ4n) is 1.71. The Kier molecular flexibility index (Phi) is 3.64. The van der Waals surface area contributed by atoms with Crippen LogP contribution in [0, 0.1) is 5.92 Å². The van der Waals surface area contributed by atoms with Crippen molar-refractivity contribution in [3.8, 4) is 0 Å². The van der Waals surface area contributed by atoms with Crippen molar-refractivity contribution < 1.29 is 9.63 Å². The summed E-state index contributed by atoms with van der Waals surface area (Å²) in [6.07, 6.45) is 2.20. The Morgan fingerprint density at radius 1 is 1.67 bits per heavy atom. The molecule has 0 aliphatic carbocycles. The summed E-state index contributed by atoms with van der Waals surface area (Å²) in [5.74, 6) is 4.50. The van der Waals surface area contributed by atoms with Gasteiger partial charge in [0.25, 0.3) is 0 Å². The number of nitrogens with zero attached hydrogens (tertiary/aromatic N) is 2. The van der Waals surface area contributed by atoms with Gasteiger partial charge in [-0.25, -0.2) is 0 Å². The molecular weight excluding hydrogens is 212 g/mol. The molecule has 0 radical (unpaired) electrons. The van der Waals surface area contributed by atoms with E-state index in [0.29, 0.717) is 18.2 Å². The zero-order valence-electron chi connectivity index (χ0n) is 8.85. The van der Waals surface area contributed by atoms with Crippen LogP contribution in [0.3, 0.4) is 0 Å². The van der Waals surface area contributed by atoms with Crippen LogP contribution in [0.5, 0.6) is 0 Å². The number of aliphatic hydroxyl groups excluding tert-OH is 1. The second-order valence-corrected chi connectivity index (χ2v) is 5.24. The van der Waals surface area contributed by atoms with Crippen LogP contribution in [-0.4, -0.2) is 32.9 Å². The molecule has 0 bridgehead atoms. The summed E-state index contributed by atoms with van der Waals surface area (Å²) in [5, 5.41) is 13.1. The third-order valence-electron chi connectivity index (χ3n) is 2.48. The zero-order valence-corrected chi connectivity index (χ0v) is 9.66. The van der Waals surface area contributed by atoms with Crippen LogP contribution in [0.4, 0.5) is 0 Å². The molecule has 2 atom stereocenters. The Balaban J connectivity index is 1.88. The van der Waals surface area contributed by atoms with E-state index < -0.39 is 6.10 Å². The molecule has 0 spiro atoms. The average molecular weight is 228 g/mol. The van der Waals surface area contributed by atoms with E-state index in [0.717, 1.165) is 12.2 Å². The van der Waals surface area contributed by atoms with Gasteiger partial charge in [-0.2, -0.15) is 16.7 Å². The Morgan fingerprint density at radius 3 is 3.20 bits per heavy atom. The first-order valence-electron chi connectivity index (χ1n) is 5.31. The molecule has 1 aliphatic heterocycles. The highest BCUT2D eigenvalue weighted by atomic mass is 32.2. The molecule has 1 N–H and O–H groups in total. The third-order valence-corrected chi connectivity index (χ3v) is 3.71. The lowest BCUT2D eigenvalue weighted by Gasteiger charge is -2.01. The highest BCUT2D eigenvalue weighted by molar-refractivity contribution is 7.99. The second kappa shape index (κ2) is 4.99. The maximum atomic E-state index is 9.17. The molecule has 1 aliphatic rings.